The topological polar surface area (TPSA) is 49.3 Å². The van der Waals surface area contributed by atoms with Crippen molar-refractivity contribution in [3.8, 4) is 0 Å². The van der Waals surface area contributed by atoms with Crippen molar-refractivity contribution in [2.45, 2.75) is 77.4 Å². The molecule has 109 valence electrons. The van der Waals surface area contributed by atoms with Crippen LogP contribution in [0.5, 0.6) is 0 Å². The highest BCUT2D eigenvalue weighted by molar-refractivity contribution is 6.64. The lowest BCUT2D eigenvalue weighted by atomic mass is 9.67. The number of hydrogen-bond acceptors (Lipinski definition) is 3. The molecule has 0 atom stereocenters. The Morgan fingerprint density at radius 1 is 0.947 bits per heavy atom. The first-order chi connectivity index (χ1) is 9.27. The SMILES string of the molecule is CB(O)CCCCCCCCCCCCN[B]C=O. The fourth-order valence-corrected chi connectivity index (χ4v) is 2.21. The highest BCUT2D eigenvalue weighted by atomic mass is 16.2. The van der Waals surface area contributed by atoms with Crippen molar-refractivity contribution in [1.29, 1.82) is 0 Å². The minimum absolute atomic E-state index is 0.126. The van der Waals surface area contributed by atoms with Crippen LogP contribution in [0.1, 0.15) is 64.2 Å². The van der Waals surface area contributed by atoms with E-state index < -0.39 is 0 Å². The molecule has 0 aromatic carbocycles. The lowest BCUT2D eigenvalue weighted by Gasteiger charge is -2.03. The highest BCUT2D eigenvalue weighted by Crippen LogP contribution is 2.11. The second-order valence-electron chi connectivity index (χ2n) is 5.43. The van der Waals surface area contributed by atoms with Gasteiger partial charge in [0, 0.05) is 0 Å². The predicted octanol–water partition coefficient (Wildman–Crippen LogP) is 2.90. The van der Waals surface area contributed by atoms with Crippen molar-refractivity contribution in [3.05, 3.63) is 0 Å². The van der Waals surface area contributed by atoms with Gasteiger partial charge in [-0.1, -0.05) is 64.6 Å². The van der Waals surface area contributed by atoms with Gasteiger partial charge in [0.2, 0.25) is 0 Å². The molecule has 0 aliphatic carbocycles. The molecule has 3 nitrogen and oxygen atoms in total. The zero-order chi connectivity index (χ0) is 14.2. The maximum absolute atomic E-state index is 10.0. The molecule has 1 radical (unpaired) electrons. The average Bonchev–Trinajstić information content (AvgIpc) is 2.39. The van der Waals surface area contributed by atoms with E-state index in [2.05, 4.69) is 5.23 Å². The summed E-state index contributed by atoms with van der Waals surface area (Å²) < 4.78 is 0. The Balaban J connectivity index is 2.93. The molecule has 0 fully saturated rings. The summed E-state index contributed by atoms with van der Waals surface area (Å²) in [5.41, 5.74) is 0. The quantitative estimate of drug-likeness (QED) is 0.272. The molecule has 0 aromatic heterocycles. The maximum Gasteiger partial charge on any atom is 0.290 e. The van der Waals surface area contributed by atoms with Crippen LogP contribution in [-0.4, -0.2) is 32.1 Å². The van der Waals surface area contributed by atoms with Crippen molar-refractivity contribution in [2.75, 3.05) is 6.54 Å². The van der Waals surface area contributed by atoms with E-state index in [1.54, 1.807) is 0 Å². The molecule has 0 saturated carbocycles. The summed E-state index contributed by atoms with van der Waals surface area (Å²) in [6.07, 6.45) is 14.6. The van der Waals surface area contributed by atoms with E-state index in [-0.39, 0.29) is 6.92 Å². The Kier molecular flexibility index (Phi) is 15.5. The van der Waals surface area contributed by atoms with Crippen LogP contribution in [0.3, 0.4) is 0 Å². The summed E-state index contributed by atoms with van der Waals surface area (Å²) in [5.74, 6) is 0. The smallest absolute Gasteiger partial charge is 0.290 e. The Morgan fingerprint density at radius 3 is 1.89 bits per heavy atom. The third-order valence-corrected chi connectivity index (χ3v) is 3.38. The van der Waals surface area contributed by atoms with Gasteiger partial charge in [-0.25, -0.2) is 0 Å². The Bertz CT molecular complexity index is 192. The molecular weight excluding hydrogens is 236 g/mol. The maximum atomic E-state index is 10.0. The Hall–Kier alpha value is -0.280. The van der Waals surface area contributed by atoms with Crippen molar-refractivity contribution >= 4 is 20.5 Å². The lowest BCUT2D eigenvalue weighted by molar-refractivity contribution is 0.544. The Labute approximate surface area is 120 Å². The van der Waals surface area contributed by atoms with Gasteiger partial charge in [0.25, 0.3) is 14.3 Å². The number of nitrogens with one attached hydrogen (secondary N) is 1. The molecule has 0 unspecified atom stereocenters. The van der Waals surface area contributed by atoms with Crippen LogP contribution in [0.2, 0.25) is 13.1 Å². The monoisotopic (exact) mass is 266 g/mol. The first kappa shape index (κ1) is 18.7. The summed E-state index contributed by atoms with van der Waals surface area (Å²) in [6, 6.07) is 0. The van der Waals surface area contributed by atoms with Gasteiger partial charge in [-0.15, -0.1) is 0 Å². The van der Waals surface area contributed by atoms with Crippen LogP contribution in [-0.2, 0) is 4.79 Å². The molecule has 0 aromatic rings. The Morgan fingerprint density at radius 2 is 1.42 bits per heavy atom. The standard InChI is InChI=1S/C14H30B2NO2/c1-16(19)12-10-8-6-4-2-3-5-7-9-11-13-17-15-14-18/h14,17,19H,2-13H2,1H3. The van der Waals surface area contributed by atoms with Gasteiger partial charge in [0.05, 0.1) is 6.19 Å². The van der Waals surface area contributed by atoms with Crippen molar-refractivity contribution < 1.29 is 9.82 Å². The normalized spacial score (nSPS) is 10.4. The van der Waals surface area contributed by atoms with Gasteiger partial charge in [0.15, 0.2) is 0 Å². The first-order valence-electron chi connectivity index (χ1n) is 7.96. The zero-order valence-corrected chi connectivity index (χ0v) is 12.6. The van der Waals surface area contributed by atoms with E-state index in [1.165, 1.54) is 65.2 Å². The van der Waals surface area contributed by atoms with E-state index in [0.717, 1.165) is 25.5 Å². The molecule has 0 spiro atoms. The fourth-order valence-electron chi connectivity index (χ4n) is 2.21. The third kappa shape index (κ3) is 17.7. The summed E-state index contributed by atoms with van der Waals surface area (Å²) in [6.45, 7) is 2.66. The second-order valence-corrected chi connectivity index (χ2v) is 5.43. The van der Waals surface area contributed by atoms with Crippen molar-refractivity contribution in [2.24, 2.45) is 0 Å². The largest absolute Gasteiger partial charge is 0.451 e. The molecule has 0 aliphatic heterocycles. The number of rotatable bonds is 15. The third-order valence-electron chi connectivity index (χ3n) is 3.38. The van der Waals surface area contributed by atoms with E-state index in [9.17, 15) is 4.79 Å². The highest BCUT2D eigenvalue weighted by Gasteiger charge is 2.00. The van der Waals surface area contributed by atoms with Gasteiger partial charge in [0.1, 0.15) is 0 Å². The first-order valence-corrected chi connectivity index (χ1v) is 7.96. The molecule has 0 heterocycles. The van der Waals surface area contributed by atoms with E-state index >= 15 is 0 Å². The summed E-state index contributed by atoms with van der Waals surface area (Å²) in [4.78, 5) is 10.0. The van der Waals surface area contributed by atoms with Gasteiger partial charge < -0.3 is 15.0 Å². The number of unbranched alkanes of at least 4 members (excludes halogenated alkanes) is 9. The number of carbonyl (C=O) groups is 1. The van der Waals surface area contributed by atoms with Crippen LogP contribution in [0, 0.1) is 0 Å². The molecule has 0 rings (SSSR count). The van der Waals surface area contributed by atoms with E-state index in [1.807, 2.05) is 6.82 Å². The summed E-state index contributed by atoms with van der Waals surface area (Å²) >= 11 is 0. The predicted molar refractivity (Wildman–Crippen MR) is 85.3 cm³/mol. The van der Waals surface area contributed by atoms with Crippen LogP contribution in [0.25, 0.3) is 0 Å². The molecule has 0 saturated heterocycles. The fraction of sp³-hybridized carbons (Fsp3) is 0.929. The van der Waals surface area contributed by atoms with E-state index in [4.69, 9.17) is 5.02 Å². The minimum Gasteiger partial charge on any atom is -0.451 e. The van der Waals surface area contributed by atoms with Crippen LogP contribution >= 0.6 is 0 Å². The molecule has 19 heavy (non-hydrogen) atoms. The summed E-state index contributed by atoms with van der Waals surface area (Å²) in [5, 5.41) is 12.1. The molecule has 0 bridgehead atoms. The zero-order valence-electron chi connectivity index (χ0n) is 12.6. The molecule has 0 aliphatic rings. The number of carbonyl (C=O) groups excluding carboxylic acids is 1. The van der Waals surface area contributed by atoms with Gasteiger partial charge in [-0.3, -0.25) is 0 Å². The van der Waals surface area contributed by atoms with Gasteiger partial charge >= 0.3 is 0 Å². The van der Waals surface area contributed by atoms with Crippen molar-refractivity contribution in [1.82, 2.24) is 5.23 Å². The number of hydrogen-bond donors (Lipinski definition) is 2. The van der Waals surface area contributed by atoms with Crippen LogP contribution < -0.4 is 5.23 Å². The summed E-state index contributed by atoms with van der Waals surface area (Å²) in [7, 11) is 1.47. The molecule has 0 amide bonds. The van der Waals surface area contributed by atoms with Crippen LogP contribution in [0.15, 0.2) is 0 Å². The molecular formula is C14H30B2NO2. The second kappa shape index (κ2) is 15.8. The van der Waals surface area contributed by atoms with E-state index in [0.29, 0.717) is 0 Å². The van der Waals surface area contributed by atoms with Crippen LogP contribution in [0.4, 0.5) is 0 Å². The van der Waals surface area contributed by atoms with Gasteiger partial charge in [-0.05, 0) is 19.3 Å². The molecule has 5 heteroatoms. The van der Waals surface area contributed by atoms with Crippen molar-refractivity contribution in [3.63, 3.8) is 0 Å². The minimum atomic E-state index is -0.126. The molecule has 2 N–H and O–H groups in total. The van der Waals surface area contributed by atoms with Gasteiger partial charge in [-0.2, -0.15) is 0 Å². The average molecular weight is 266 g/mol. The lowest BCUT2D eigenvalue weighted by Crippen LogP contribution is -2.21.